The third-order valence-electron chi connectivity index (χ3n) is 2.16. The summed E-state index contributed by atoms with van der Waals surface area (Å²) in [5.41, 5.74) is 5.61. The van der Waals surface area contributed by atoms with E-state index in [9.17, 15) is 0 Å². The van der Waals surface area contributed by atoms with Crippen LogP contribution in [-0.4, -0.2) is 21.3 Å². The SMILES string of the molecule is N[C@H]1C[C@H](c2noc(CO)n2)C1. The van der Waals surface area contributed by atoms with Gasteiger partial charge in [0.15, 0.2) is 5.82 Å². The minimum Gasteiger partial charge on any atom is -0.387 e. The summed E-state index contributed by atoms with van der Waals surface area (Å²) >= 11 is 0. The third kappa shape index (κ3) is 1.21. The fraction of sp³-hybridized carbons (Fsp3) is 0.714. The quantitative estimate of drug-likeness (QED) is 0.638. The lowest BCUT2D eigenvalue weighted by Gasteiger charge is -2.29. The smallest absolute Gasteiger partial charge is 0.252 e. The minimum absolute atomic E-state index is 0.189. The van der Waals surface area contributed by atoms with Crippen LogP contribution in [0.25, 0.3) is 0 Å². The molecule has 0 bridgehead atoms. The van der Waals surface area contributed by atoms with E-state index in [-0.39, 0.29) is 18.5 Å². The number of nitrogens with zero attached hydrogens (tertiary/aromatic N) is 2. The molecule has 1 saturated carbocycles. The molecule has 5 heteroatoms. The fourth-order valence-electron chi connectivity index (χ4n) is 1.37. The molecule has 5 nitrogen and oxygen atoms in total. The number of aliphatic hydroxyl groups is 1. The van der Waals surface area contributed by atoms with E-state index >= 15 is 0 Å². The second kappa shape index (κ2) is 2.84. The summed E-state index contributed by atoms with van der Waals surface area (Å²) in [7, 11) is 0. The van der Waals surface area contributed by atoms with Gasteiger partial charge in [-0.25, -0.2) is 0 Å². The van der Waals surface area contributed by atoms with Gasteiger partial charge in [-0.05, 0) is 12.8 Å². The van der Waals surface area contributed by atoms with Crippen LogP contribution >= 0.6 is 0 Å². The molecule has 1 fully saturated rings. The van der Waals surface area contributed by atoms with Crippen LogP contribution in [0.4, 0.5) is 0 Å². The average Bonchev–Trinajstić information content (AvgIpc) is 2.46. The van der Waals surface area contributed by atoms with Crippen molar-refractivity contribution in [1.29, 1.82) is 0 Å². The molecule has 12 heavy (non-hydrogen) atoms. The first-order chi connectivity index (χ1) is 5.79. The van der Waals surface area contributed by atoms with Crippen molar-refractivity contribution >= 4 is 0 Å². The number of aliphatic hydroxyl groups excluding tert-OH is 1. The van der Waals surface area contributed by atoms with Crippen molar-refractivity contribution in [2.24, 2.45) is 5.73 Å². The number of hydrogen-bond acceptors (Lipinski definition) is 5. The monoisotopic (exact) mass is 169 g/mol. The highest BCUT2D eigenvalue weighted by atomic mass is 16.5. The van der Waals surface area contributed by atoms with Crippen LogP contribution < -0.4 is 5.73 Å². The summed E-state index contributed by atoms with van der Waals surface area (Å²) in [5, 5.41) is 12.4. The molecule has 66 valence electrons. The Kier molecular flexibility index (Phi) is 1.82. The molecule has 0 saturated heterocycles. The van der Waals surface area contributed by atoms with Crippen LogP contribution in [0, 0.1) is 0 Å². The molecule has 1 heterocycles. The minimum atomic E-state index is -0.189. The maximum absolute atomic E-state index is 8.65. The van der Waals surface area contributed by atoms with E-state index in [1.54, 1.807) is 0 Å². The van der Waals surface area contributed by atoms with Crippen molar-refractivity contribution in [2.45, 2.75) is 31.4 Å². The lowest BCUT2D eigenvalue weighted by atomic mass is 9.80. The Balaban J connectivity index is 2.04. The normalized spacial score (nSPS) is 28.5. The van der Waals surface area contributed by atoms with E-state index in [0.29, 0.717) is 11.7 Å². The Labute approximate surface area is 69.6 Å². The highest BCUT2D eigenvalue weighted by Gasteiger charge is 2.30. The molecule has 0 spiro atoms. The van der Waals surface area contributed by atoms with Crippen LogP contribution in [0.15, 0.2) is 4.52 Å². The van der Waals surface area contributed by atoms with Crippen molar-refractivity contribution in [2.75, 3.05) is 0 Å². The largest absolute Gasteiger partial charge is 0.387 e. The third-order valence-corrected chi connectivity index (χ3v) is 2.16. The van der Waals surface area contributed by atoms with E-state index in [0.717, 1.165) is 12.8 Å². The molecule has 1 aliphatic carbocycles. The van der Waals surface area contributed by atoms with Gasteiger partial charge in [-0.3, -0.25) is 0 Å². The Bertz CT molecular complexity index is 267. The van der Waals surface area contributed by atoms with Gasteiger partial charge in [0.2, 0.25) is 0 Å². The molecule has 0 aromatic carbocycles. The molecule has 1 aromatic rings. The number of hydrogen-bond donors (Lipinski definition) is 2. The maximum atomic E-state index is 8.65. The van der Waals surface area contributed by atoms with Gasteiger partial charge in [0.25, 0.3) is 5.89 Å². The molecule has 0 atom stereocenters. The van der Waals surface area contributed by atoms with E-state index in [4.69, 9.17) is 15.4 Å². The topological polar surface area (TPSA) is 85.2 Å². The summed E-state index contributed by atoms with van der Waals surface area (Å²) in [6.07, 6.45) is 1.84. The van der Waals surface area contributed by atoms with E-state index in [1.165, 1.54) is 0 Å². The molecular weight excluding hydrogens is 158 g/mol. The summed E-state index contributed by atoms with van der Waals surface area (Å²) in [5.74, 6) is 1.30. The molecule has 2 rings (SSSR count). The standard InChI is InChI=1S/C7H11N3O2/c8-5-1-4(2-5)7-9-6(3-11)12-10-7/h4-5,11H,1-3,8H2/t4-,5-. The van der Waals surface area contributed by atoms with Crippen molar-refractivity contribution in [3.8, 4) is 0 Å². The predicted molar refractivity (Wildman–Crippen MR) is 40.2 cm³/mol. The number of rotatable bonds is 2. The van der Waals surface area contributed by atoms with Crippen LogP contribution in [-0.2, 0) is 6.61 Å². The second-order valence-corrected chi connectivity index (χ2v) is 3.13. The van der Waals surface area contributed by atoms with Crippen LogP contribution in [0.5, 0.6) is 0 Å². The first-order valence-corrected chi connectivity index (χ1v) is 3.98. The van der Waals surface area contributed by atoms with Gasteiger partial charge >= 0.3 is 0 Å². The van der Waals surface area contributed by atoms with Crippen LogP contribution in [0.2, 0.25) is 0 Å². The zero-order chi connectivity index (χ0) is 8.55. The predicted octanol–water partition coefficient (Wildman–Crippen LogP) is -0.233. The van der Waals surface area contributed by atoms with Crippen LogP contribution in [0.1, 0.15) is 30.5 Å². The summed E-state index contributed by atoms with van der Waals surface area (Å²) in [4.78, 5) is 4.00. The maximum Gasteiger partial charge on any atom is 0.252 e. The van der Waals surface area contributed by atoms with Gasteiger partial charge in [0.1, 0.15) is 6.61 Å². The lowest BCUT2D eigenvalue weighted by molar-refractivity contribution is 0.221. The zero-order valence-corrected chi connectivity index (χ0v) is 6.60. The fourth-order valence-corrected chi connectivity index (χ4v) is 1.37. The molecule has 0 amide bonds. The summed E-state index contributed by atoms with van der Waals surface area (Å²) in [6, 6.07) is 0.283. The number of aromatic nitrogens is 2. The molecule has 0 radical (unpaired) electrons. The second-order valence-electron chi connectivity index (χ2n) is 3.13. The Morgan fingerprint density at radius 2 is 2.33 bits per heavy atom. The van der Waals surface area contributed by atoms with Crippen molar-refractivity contribution < 1.29 is 9.63 Å². The van der Waals surface area contributed by atoms with Crippen LogP contribution in [0.3, 0.4) is 0 Å². The molecule has 1 aromatic heterocycles. The summed E-state index contributed by atoms with van der Waals surface area (Å²) < 4.78 is 4.75. The highest BCUT2D eigenvalue weighted by molar-refractivity contribution is 5.03. The Hall–Kier alpha value is -0.940. The van der Waals surface area contributed by atoms with Gasteiger partial charge in [0.05, 0.1) is 0 Å². The molecule has 1 aliphatic rings. The Morgan fingerprint density at radius 1 is 1.58 bits per heavy atom. The Morgan fingerprint density at radius 3 is 2.83 bits per heavy atom. The first-order valence-electron chi connectivity index (χ1n) is 3.98. The summed E-state index contributed by atoms with van der Waals surface area (Å²) in [6.45, 7) is -0.189. The molecule has 0 unspecified atom stereocenters. The van der Waals surface area contributed by atoms with Crippen molar-refractivity contribution in [1.82, 2.24) is 10.1 Å². The van der Waals surface area contributed by atoms with E-state index < -0.39 is 0 Å². The highest BCUT2D eigenvalue weighted by Crippen LogP contribution is 2.33. The molecule has 0 aliphatic heterocycles. The molecule has 3 N–H and O–H groups in total. The van der Waals surface area contributed by atoms with Crippen molar-refractivity contribution in [3.63, 3.8) is 0 Å². The average molecular weight is 169 g/mol. The lowest BCUT2D eigenvalue weighted by Crippen LogP contribution is -2.35. The van der Waals surface area contributed by atoms with Gasteiger partial charge in [-0.2, -0.15) is 4.98 Å². The van der Waals surface area contributed by atoms with Gasteiger partial charge in [-0.1, -0.05) is 5.16 Å². The first kappa shape index (κ1) is 7.70. The number of nitrogens with two attached hydrogens (primary N) is 1. The van der Waals surface area contributed by atoms with Gasteiger partial charge in [-0.15, -0.1) is 0 Å². The van der Waals surface area contributed by atoms with Crippen molar-refractivity contribution in [3.05, 3.63) is 11.7 Å². The van der Waals surface area contributed by atoms with Gasteiger partial charge in [0, 0.05) is 12.0 Å². The van der Waals surface area contributed by atoms with E-state index in [1.807, 2.05) is 0 Å². The van der Waals surface area contributed by atoms with Gasteiger partial charge < -0.3 is 15.4 Å². The molecular formula is C7H11N3O2. The zero-order valence-electron chi connectivity index (χ0n) is 6.60. The van der Waals surface area contributed by atoms with E-state index in [2.05, 4.69) is 10.1 Å².